The number of halogens is 1. The quantitative estimate of drug-likeness (QED) is 0.657. The molecule has 0 atom stereocenters. The molecule has 1 heterocycles. The number of anilines is 2. The van der Waals surface area contributed by atoms with Crippen molar-refractivity contribution in [3.8, 4) is 0 Å². The van der Waals surface area contributed by atoms with Crippen LogP contribution in [-0.4, -0.2) is 21.6 Å². The molecular formula is C22H23FN4O2. The van der Waals surface area contributed by atoms with E-state index in [9.17, 15) is 14.0 Å². The summed E-state index contributed by atoms with van der Waals surface area (Å²) >= 11 is 0. The number of hydrogen-bond acceptors (Lipinski definition) is 3. The lowest BCUT2D eigenvalue weighted by atomic mass is 10.1. The summed E-state index contributed by atoms with van der Waals surface area (Å²) in [6.07, 6.45) is 3.17. The molecule has 3 aromatic rings. The summed E-state index contributed by atoms with van der Waals surface area (Å²) in [5.74, 6) is -1.29. The molecule has 2 amide bonds. The van der Waals surface area contributed by atoms with Gasteiger partial charge in [-0.25, -0.2) is 4.39 Å². The Labute approximate surface area is 168 Å². The molecule has 0 aliphatic carbocycles. The number of rotatable bonds is 5. The summed E-state index contributed by atoms with van der Waals surface area (Å²) in [7, 11) is 0. The van der Waals surface area contributed by atoms with Crippen molar-refractivity contribution >= 4 is 23.2 Å². The smallest absolute Gasteiger partial charge is 0.258 e. The molecule has 2 N–H and O–H groups in total. The van der Waals surface area contributed by atoms with Gasteiger partial charge in [-0.2, -0.15) is 5.10 Å². The standard InChI is InChI=1S/C22H23FN4O2/c1-13(2)27-12-17(11-24-27)22(29)25-19-10-16(7-6-15(19)4)21(28)26-20-9-14(3)5-8-18(20)23/h5-13H,1-4H3,(H,25,29)(H,26,28). The fourth-order valence-corrected chi connectivity index (χ4v) is 2.76. The van der Waals surface area contributed by atoms with Crippen LogP contribution in [0.4, 0.5) is 15.8 Å². The van der Waals surface area contributed by atoms with E-state index in [0.717, 1.165) is 11.1 Å². The van der Waals surface area contributed by atoms with Gasteiger partial charge >= 0.3 is 0 Å². The minimum absolute atomic E-state index is 0.113. The molecule has 7 heteroatoms. The van der Waals surface area contributed by atoms with Gasteiger partial charge in [0.05, 0.1) is 17.4 Å². The summed E-state index contributed by atoms with van der Waals surface area (Å²) in [5.41, 5.74) is 2.99. The average molecular weight is 394 g/mol. The predicted molar refractivity (Wildman–Crippen MR) is 111 cm³/mol. The Morgan fingerprint density at radius 3 is 2.34 bits per heavy atom. The molecular weight excluding hydrogens is 371 g/mol. The summed E-state index contributed by atoms with van der Waals surface area (Å²) in [5, 5.41) is 9.55. The van der Waals surface area contributed by atoms with Gasteiger partial charge in [-0.05, 0) is 63.1 Å². The molecule has 0 bridgehead atoms. The van der Waals surface area contributed by atoms with E-state index in [1.54, 1.807) is 41.2 Å². The average Bonchev–Trinajstić information content (AvgIpc) is 3.17. The summed E-state index contributed by atoms with van der Waals surface area (Å²) in [6.45, 7) is 7.58. The molecule has 2 aromatic carbocycles. The van der Waals surface area contributed by atoms with Gasteiger partial charge in [-0.1, -0.05) is 12.1 Å². The Morgan fingerprint density at radius 2 is 1.66 bits per heavy atom. The van der Waals surface area contributed by atoms with Crippen LogP contribution in [0.15, 0.2) is 48.8 Å². The molecule has 0 aliphatic rings. The largest absolute Gasteiger partial charge is 0.322 e. The first-order valence-corrected chi connectivity index (χ1v) is 9.28. The highest BCUT2D eigenvalue weighted by Gasteiger charge is 2.15. The zero-order valence-electron chi connectivity index (χ0n) is 16.8. The lowest BCUT2D eigenvalue weighted by Gasteiger charge is -2.11. The molecule has 0 aliphatic heterocycles. The molecule has 0 radical (unpaired) electrons. The first kappa shape index (κ1) is 20.3. The highest BCUT2D eigenvalue weighted by molar-refractivity contribution is 6.07. The van der Waals surface area contributed by atoms with Gasteiger partial charge in [0.25, 0.3) is 11.8 Å². The number of nitrogens with zero attached hydrogens (tertiary/aromatic N) is 2. The zero-order chi connectivity index (χ0) is 21.1. The maximum atomic E-state index is 13.9. The molecule has 0 unspecified atom stereocenters. The van der Waals surface area contributed by atoms with Gasteiger partial charge in [0.2, 0.25) is 0 Å². The maximum absolute atomic E-state index is 13.9. The second-order valence-electron chi connectivity index (χ2n) is 7.22. The van der Waals surface area contributed by atoms with Gasteiger partial charge in [-0.3, -0.25) is 14.3 Å². The molecule has 0 saturated heterocycles. The van der Waals surface area contributed by atoms with Crippen LogP contribution in [0.2, 0.25) is 0 Å². The predicted octanol–water partition coefficient (Wildman–Crippen LogP) is 4.72. The van der Waals surface area contributed by atoms with Crippen molar-refractivity contribution < 1.29 is 14.0 Å². The Kier molecular flexibility index (Phi) is 5.77. The number of nitrogens with one attached hydrogen (secondary N) is 2. The second-order valence-corrected chi connectivity index (χ2v) is 7.22. The minimum atomic E-state index is -0.508. The van der Waals surface area contributed by atoms with Crippen molar-refractivity contribution in [3.05, 3.63) is 76.9 Å². The van der Waals surface area contributed by atoms with E-state index in [1.807, 2.05) is 27.7 Å². The van der Waals surface area contributed by atoms with Crippen molar-refractivity contribution in [2.24, 2.45) is 0 Å². The van der Waals surface area contributed by atoms with Crippen molar-refractivity contribution in [1.82, 2.24) is 9.78 Å². The molecule has 0 spiro atoms. The third kappa shape index (κ3) is 4.68. The van der Waals surface area contributed by atoms with Gasteiger partial charge < -0.3 is 10.6 Å². The van der Waals surface area contributed by atoms with E-state index >= 15 is 0 Å². The molecule has 6 nitrogen and oxygen atoms in total. The lowest BCUT2D eigenvalue weighted by molar-refractivity contribution is 0.101. The molecule has 0 fully saturated rings. The number of aryl methyl sites for hydroxylation is 2. The summed E-state index contributed by atoms with van der Waals surface area (Å²) in [6, 6.07) is 9.58. The van der Waals surface area contributed by atoms with Gasteiger partial charge in [0.15, 0.2) is 0 Å². The highest BCUT2D eigenvalue weighted by Crippen LogP contribution is 2.21. The van der Waals surface area contributed by atoms with E-state index in [1.165, 1.54) is 12.3 Å². The Bertz CT molecular complexity index is 1070. The summed E-state index contributed by atoms with van der Waals surface area (Å²) < 4.78 is 15.6. The van der Waals surface area contributed by atoms with E-state index in [4.69, 9.17) is 0 Å². The van der Waals surface area contributed by atoms with E-state index in [2.05, 4.69) is 15.7 Å². The van der Waals surface area contributed by atoms with Crippen LogP contribution in [0.3, 0.4) is 0 Å². The Balaban J connectivity index is 1.79. The fourth-order valence-electron chi connectivity index (χ4n) is 2.76. The number of aromatic nitrogens is 2. The number of hydrogen-bond donors (Lipinski definition) is 2. The van der Waals surface area contributed by atoms with Crippen LogP contribution in [0, 0.1) is 19.7 Å². The molecule has 150 valence electrons. The van der Waals surface area contributed by atoms with Crippen LogP contribution < -0.4 is 10.6 Å². The van der Waals surface area contributed by atoms with Crippen LogP contribution in [-0.2, 0) is 0 Å². The van der Waals surface area contributed by atoms with Crippen molar-refractivity contribution in [3.63, 3.8) is 0 Å². The van der Waals surface area contributed by atoms with Crippen molar-refractivity contribution in [2.45, 2.75) is 33.7 Å². The van der Waals surface area contributed by atoms with Crippen molar-refractivity contribution in [2.75, 3.05) is 10.6 Å². The molecule has 1 aromatic heterocycles. The first-order valence-electron chi connectivity index (χ1n) is 9.28. The highest BCUT2D eigenvalue weighted by atomic mass is 19.1. The Morgan fingerprint density at radius 1 is 0.966 bits per heavy atom. The fraction of sp³-hybridized carbons (Fsp3) is 0.227. The Hall–Kier alpha value is -3.48. The maximum Gasteiger partial charge on any atom is 0.258 e. The SMILES string of the molecule is Cc1ccc(F)c(NC(=O)c2ccc(C)c(NC(=O)c3cnn(C(C)C)c3)c2)c1. The second kappa shape index (κ2) is 8.26. The molecule has 29 heavy (non-hydrogen) atoms. The van der Waals surface area contributed by atoms with Gasteiger partial charge in [-0.15, -0.1) is 0 Å². The third-order valence-corrected chi connectivity index (χ3v) is 4.51. The summed E-state index contributed by atoms with van der Waals surface area (Å²) in [4.78, 5) is 25.1. The van der Waals surface area contributed by atoms with Gasteiger partial charge in [0, 0.05) is 23.5 Å². The number of carbonyl (C=O) groups is 2. The van der Waals surface area contributed by atoms with Crippen LogP contribution >= 0.6 is 0 Å². The minimum Gasteiger partial charge on any atom is -0.322 e. The van der Waals surface area contributed by atoms with Gasteiger partial charge in [0.1, 0.15) is 5.82 Å². The topological polar surface area (TPSA) is 76.0 Å². The van der Waals surface area contributed by atoms with E-state index in [0.29, 0.717) is 16.8 Å². The number of amides is 2. The molecule has 3 rings (SSSR count). The van der Waals surface area contributed by atoms with Crippen molar-refractivity contribution in [1.29, 1.82) is 0 Å². The van der Waals surface area contributed by atoms with Crippen LogP contribution in [0.25, 0.3) is 0 Å². The lowest BCUT2D eigenvalue weighted by Crippen LogP contribution is -2.16. The molecule has 0 saturated carbocycles. The van der Waals surface area contributed by atoms with Crippen LogP contribution in [0.5, 0.6) is 0 Å². The van der Waals surface area contributed by atoms with E-state index < -0.39 is 11.7 Å². The third-order valence-electron chi connectivity index (χ3n) is 4.51. The van der Waals surface area contributed by atoms with E-state index in [-0.39, 0.29) is 17.6 Å². The normalized spacial score (nSPS) is 10.8. The van der Waals surface area contributed by atoms with Crippen LogP contribution in [0.1, 0.15) is 51.7 Å². The zero-order valence-corrected chi connectivity index (χ0v) is 16.8. The number of benzene rings is 2. The first-order chi connectivity index (χ1) is 13.7. The number of carbonyl (C=O) groups excluding carboxylic acids is 2. The monoisotopic (exact) mass is 394 g/mol.